The molecule has 0 aromatic carbocycles. The number of aliphatic hydroxyl groups excluding tert-OH is 1. The Balaban J connectivity index is 1.36. The third-order valence-electron chi connectivity index (χ3n) is 4.86. The Hall–Kier alpha value is -0.920. The minimum absolute atomic E-state index is 0.256. The number of aliphatic hydroxyl groups is 1. The van der Waals surface area contributed by atoms with Crippen molar-refractivity contribution >= 4 is 0 Å². The summed E-state index contributed by atoms with van der Waals surface area (Å²) in [4.78, 5) is 7.11. The van der Waals surface area contributed by atoms with Gasteiger partial charge in [-0.25, -0.2) is 0 Å². The van der Waals surface area contributed by atoms with E-state index in [-0.39, 0.29) is 18.3 Å². The highest BCUT2D eigenvalue weighted by atomic mass is 16.5. The molecule has 0 saturated carbocycles. The molecule has 3 rings (SSSR count). The summed E-state index contributed by atoms with van der Waals surface area (Å²) in [7, 11) is 0. The summed E-state index contributed by atoms with van der Waals surface area (Å²) in [6.45, 7) is 12.5. The SMILES string of the molecule is CC1CN(CC(O)CN2CCN(Cc3ccco3)CC2)CC(C)O1. The number of hydrogen-bond acceptors (Lipinski definition) is 6. The maximum atomic E-state index is 10.4. The Labute approximate surface area is 145 Å². The average molecular weight is 337 g/mol. The van der Waals surface area contributed by atoms with E-state index in [2.05, 4.69) is 28.5 Å². The van der Waals surface area contributed by atoms with Crippen LogP contribution >= 0.6 is 0 Å². The fourth-order valence-corrected chi connectivity index (χ4v) is 3.84. The first kappa shape index (κ1) is 17.9. The van der Waals surface area contributed by atoms with Crippen molar-refractivity contribution in [3.05, 3.63) is 24.2 Å². The van der Waals surface area contributed by atoms with Crippen LogP contribution < -0.4 is 0 Å². The van der Waals surface area contributed by atoms with Crippen molar-refractivity contribution in [1.29, 1.82) is 0 Å². The second-order valence-corrected chi connectivity index (χ2v) is 7.29. The van der Waals surface area contributed by atoms with E-state index in [4.69, 9.17) is 9.15 Å². The van der Waals surface area contributed by atoms with Gasteiger partial charge in [0, 0.05) is 52.4 Å². The highest BCUT2D eigenvalue weighted by Crippen LogP contribution is 2.12. The average Bonchev–Trinajstić information content (AvgIpc) is 3.01. The molecule has 0 aliphatic carbocycles. The monoisotopic (exact) mass is 337 g/mol. The molecule has 3 unspecified atom stereocenters. The van der Waals surface area contributed by atoms with E-state index in [1.165, 1.54) is 0 Å². The standard InChI is InChI=1S/C18H31N3O3/c1-15-10-21(11-16(2)24-15)13-17(22)12-19-5-7-20(8-6-19)14-18-4-3-9-23-18/h3-4,9,15-17,22H,5-8,10-14H2,1-2H3. The largest absolute Gasteiger partial charge is 0.468 e. The molecule has 0 spiro atoms. The van der Waals surface area contributed by atoms with Crippen molar-refractivity contribution in [2.24, 2.45) is 0 Å². The lowest BCUT2D eigenvalue weighted by molar-refractivity contribution is -0.0785. The molecule has 2 aliphatic heterocycles. The summed E-state index contributed by atoms with van der Waals surface area (Å²) in [6, 6.07) is 3.97. The minimum Gasteiger partial charge on any atom is -0.468 e. The molecular weight excluding hydrogens is 306 g/mol. The lowest BCUT2D eigenvalue weighted by Gasteiger charge is -2.38. The van der Waals surface area contributed by atoms with E-state index in [0.717, 1.165) is 64.7 Å². The van der Waals surface area contributed by atoms with Crippen LogP contribution in [-0.2, 0) is 11.3 Å². The van der Waals surface area contributed by atoms with Crippen LogP contribution in [-0.4, -0.2) is 90.5 Å². The Morgan fingerprint density at radius 3 is 2.29 bits per heavy atom. The van der Waals surface area contributed by atoms with Crippen molar-refractivity contribution < 1.29 is 14.3 Å². The molecular formula is C18H31N3O3. The van der Waals surface area contributed by atoms with Gasteiger partial charge in [0.05, 0.1) is 31.1 Å². The molecule has 6 nitrogen and oxygen atoms in total. The summed E-state index contributed by atoms with van der Waals surface area (Å²) in [5.74, 6) is 1.03. The van der Waals surface area contributed by atoms with Crippen LogP contribution in [0.25, 0.3) is 0 Å². The highest BCUT2D eigenvalue weighted by molar-refractivity contribution is 4.98. The molecule has 136 valence electrons. The quantitative estimate of drug-likeness (QED) is 0.831. The van der Waals surface area contributed by atoms with Crippen LogP contribution in [0, 0.1) is 0 Å². The third-order valence-corrected chi connectivity index (χ3v) is 4.86. The van der Waals surface area contributed by atoms with Crippen LogP contribution in [0.2, 0.25) is 0 Å². The zero-order chi connectivity index (χ0) is 16.9. The van der Waals surface area contributed by atoms with E-state index in [1.807, 2.05) is 12.1 Å². The topological polar surface area (TPSA) is 52.3 Å². The lowest BCUT2D eigenvalue weighted by atomic mass is 10.2. The van der Waals surface area contributed by atoms with Gasteiger partial charge in [-0.1, -0.05) is 0 Å². The van der Waals surface area contributed by atoms with Crippen molar-refractivity contribution in [3.63, 3.8) is 0 Å². The molecule has 2 aliphatic rings. The molecule has 2 fully saturated rings. The molecule has 2 saturated heterocycles. The minimum atomic E-state index is -0.292. The van der Waals surface area contributed by atoms with Gasteiger partial charge in [0.2, 0.25) is 0 Å². The lowest BCUT2D eigenvalue weighted by Crippen LogP contribution is -2.52. The summed E-state index contributed by atoms with van der Waals surface area (Å²) >= 11 is 0. The summed E-state index contributed by atoms with van der Waals surface area (Å²) in [6.07, 6.45) is 1.95. The van der Waals surface area contributed by atoms with Crippen LogP contribution in [0.15, 0.2) is 22.8 Å². The summed E-state index contributed by atoms with van der Waals surface area (Å²) in [5, 5.41) is 10.4. The second kappa shape index (κ2) is 8.45. The summed E-state index contributed by atoms with van der Waals surface area (Å²) < 4.78 is 11.2. The number of β-amino-alcohol motifs (C(OH)–C–C–N with tert-alkyl or cyclic N) is 1. The maximum Gasteiger partial charge on any atom is 0.117 e. The molecule has 24 heavy (non-hydrogen) atoms. The molecule has 0 radical (unpaired) electrons. The molecule has 1 aromatic heterocycles. The molecule has 0 amide bonds. The highest BCUT2D eigenvalue weighted by Gasteiger charge is 2.25. The number of morpholine rings is 1. The Bertz CT molecular complexity index is 464. The maximum absolute atomic E-state index is 10.4. The van der Waals surface area contributed by atoms with Crippen molar-refractivity contribution in [2.75, 3.05) is 52.4 Å². The van der Waals surface area contributed by atoms with Crippen LogP contribution in [0.1, 0.15) is 19.6 Å². The van der Waals surface area contributed by atoms with E-state index in [9.17, 15) is 5.11 Å². The molecule has 1 aromatic rings. The molecule has 1 N–H and O–H groups in total. The van der Waals surface area contributed by atoms with Gasteiger partial charge in [-0.15, -0.1) is 0 Å². The van der Waals surface area contributed by atoms with E-state index < -0.39 is 0 Å². The first-order valence-electron chi connectivity index (χ1n) is 9.11. The van der Waals surface area contributed by atoms with Gasteiger partial charge in [-0.05, 0) is 26.0 Å². The number of ether oxygens (including phenoxy) is 1. The summed E-state index contributed by atoms with van der Waals surface area (Å²) in [5.41, 5.74) is 0. The van der Waals surface area contributed by atoms with Gasteiger partial charge in [-0.2, -0.15) is 0 Å². The fourth-order valence-electron chi connectivity index (χ4n) is 3.84. The van der Waals surface area contributed by atoms with Gasteiger partial charge in [0.25, 0.3) is 0 Å². The third kappa shape index (κ3) is 5.29. The fraction of sp³-hybridized carbons (Fsp3) is 0.778. The molecule has 0 bridgehead atoms. The molecule has 3 heterocycles. The zero-order valence-corrected chi connectivity index (χ0v) is 14.9. The smallest absolute Gasteiger partial charge is 0.117 e. The van der Waals surface area contributed by atoms with Crippen LogP contribution in [0.5, 0.6) is 0 Å². The van der Waals surface area contributed by atoms with Crippen molar-refractivity contribution in [1.82, 2.24) is 14.7 Å². The van der Waals surface area contributed by atoms with Gasteiger partial charge < -0.3 is 14.3 Å². The van der Waals surface area contributed by atoms with Crippen LogP contribution in [0.3, 0.4) is 0 Å². The Morgan fingerprint density at radius 1 is 1.04 bits per heavy atom. The zero-order valence-electron chi connectivity index (χ0n) is 14.9. The predicted octanol–water partition coefficient (Wildman–Crippen LogP) is 0.867. The number of piperazine rings is 1. The normalized spacial score (nSPS) is 29.0. The predicted molar refractivity (Wildman–Crippen MR) is 92.9 cm³/mol. The molecule has 6 heteroatoms. The second-order valence-electron chi connectivity index (χ2n) is 7.29. The number of rotatable bonds is 6. The van der Waals surface area contributed by atoms with Crippen molar-refractivity contribution in [2.45, 2.75) is 38.7 Å². The first-order valence-corrected chi connectivity index (χ1v) is 9.11. The Kier molecular flexibility index (Phi) is 6.30. The Morgan fingerprint density at radius 2 is 1.67 bits per heavy atom. The molecule has 3 atom stereocenters. The van der Waals surface area contributed by atoms with Crippen LogP contribution in [0.4, 0.5) is 0 Å². The number of nitrogens with zero attached hydrogens (tertiary/aromatic N) is 3. The van der Waals surface area contributed by atoms with E-state index in [0.29, 0.717) is 0 Å². The van der Waals surface area contributed by atoms with Crippen molar-refractivity contribution in [3.8, 4) is 0 Å². The number of hydrogen-bond donors (Lipinski definition) is 1. The first-order chi connectivity index (χ1) is 11.6. The van der Waals surface area contributed by atoms with Gasteiger partial charge in [-0.3, -0.25) is 14.7 Å². The van der Waals surface area contributed by atoms with Gasteiger partial charge in [0.1, 0.15) is 5.76 Å². The van der Waals surface area contributed by atoms with Gasteiger partial charge in [0.15, 0.2) is 0 Å². The van der Waals surface area contributed by atoms with Gasteiger partial charge >= 0.3 is 0 Å². The number of furan rings is 1. The van der Waals surface area contributed by atoms with E-state index in [1.54, 1.807) is 6.26 Å². The van der Waals surface area contributed by atoms with E-state index >= 15 is 0 Å².